The van der Waals surface area contributed by atoms with Crippen molar-refractivity contribution in [2.75, 3.05) is 6.61 Å². The van der Waals surface area contributed by atoms with Crippen molar-refractivity contribution < 1.29 is 9.53 Å². The molecule has 3 heterocycles. The summed E-state index contributed by atoms with van der Waals surface area (Å²) in [6.45, 7) is 10.5. The van der Waals surface area contributed by atoms with Gasteiger partial charge in [0.15, 0.2) is 0 Å². The van der Waals surface area contributed by atoms with E-state index < -0.39 is 0 Å². The number of aromatic nitrogens is 3. The monoisotopic (exact) mass is 449 g/mol. The van der Waals surface area contributed by atoms with Crippen molar-refractivity contribution in [1.82, 2.24) is 14.5 Å². The van der Waals surface area contributed by atoms with Crippen LogP contribution < -0.4 is 5.56 Å². The Morgan fingerprint density at radius 3 is 2.56 bits per heavy atom. The molecule has 0 aliphatic heterocycles. The second-order valence-corrected chi connectivity index (χ2v) is 9.24. The van der Waals surface area contributed by atoms with Crippen LogP contribution in [0.25, 0.3) is 27.3 Å². The first kappa shape index (κ1) is 22.0. The van der Waals surface area contributed by atoms with Gasteiger partial charge in [-0.2, -0.15) is 0 Å². The van der Waals surface area contributed by atoms with E-state index in [0.29, 0.717) is 23.4 Å². The zero-order chi connectivity index (χ0) is 23.0. The molecule has 3 aromatic heterocycles. The highest BCUT2D eigenvalue weighted by atomic mass is 32.1. The minimum Gasteiger partial charge on any atom is -0.462 e. The van der Waals surface area contributed by atoms with Crippen molar-refractivity contribution in [3.8, 4) is 17.1 Å². The molecule has 0 aliphatic carbocycles. The van der Waals surface area contributed by atoms with Crippen LogP contribution in [0.3, 0.4) is 0 Å². The highest BCUT2D eigenvalue weighted by molar-refractivity contribution is 7.18. The molecule has 0 spiro atoms. The average Bonchev–Trinajstić information content (AvgIpc) is 3.23. The van der Waals surface area contributed by atoms with Gasteiger partial charge >= 0.3 is 5.97 Å². The summed E-state index contributed by atoms with van der Waals surface area (Å²) in [5.74, 6) is 0.266. The molecule has 0 unspecified atom stereocenters. The number of aromatic amines is 1. The predicted molar refractivity (Wildman–Crippen MR) is 129 cm³/mol. The van der Waals surface area contributed by atoms with Crippen molar-refractivity contribution in [2.45, 2.75) is 47.5 Å². The van der Waals surface area contributed by atoms with Crippen molar-refractivity contribution >= 4 is 27.5 Å². The van der Waals surface area contributed by atoms with Crippen LogP contribution in [0.2, 0.25) is 0 Å². The summed E-state index contributed by atoms with van der Waals surface area (Å²) >= 11 is 1.54. The van der Waals surface area contributed by atoms with Crippen LogP contribution in [-0.2, 0) is 4.74 Å². The number of thiophene rings is 1. The Labute approximate surface area is 190 Å². The first-order valence-electron chi connectivity index (χ1n) is 10.8. The van der Waals surface area contributed by atoms with Gasteiger partial charge in [0, 0.05) is 27.5 Å². The molecule has 6 nitrogen and oxygen atoms in total. The molecule has 7 heteroatoms. The van der Waals surface area contributed by atoms with Crippen molar-refractivity contribution in [2.24, 2.45) is 0 Å². The highest BCUT2D eigenvalue weighted by Crippen LogP contribution is 2.31. The maximum Gasteiger partial charge on any atom is 0.338 e. The van der Waals surface area contributed by atoms with Gasteiger partial charge in [-0.15, -0.1) is 11.3 Å². The number of carbonyl (C=O) groups is 1. The number of ether oxygens (including phenoxy) is 1. The largest absolute Gasteiger partial charge is 0.462 e. The molecule has 0 bridgehead atoms. The van der Waals surface area contributed by atoms with E-state index in [1.807, 2.05) is 45.9 Å². The van der Waals surface area contributed by atoms with Gasteiger partial charge in [-0.05, 0) is 70.0 Å². The van der Waals surface area contributed by atoms with Crippen LogP contribution in [-0.4, -0.2) is 27.1 Å². The second kappa shape index (κ2) is 8.74. The third kappa shape index (κ3) is 3.88. The molecule has 166 valence electrons. The summed E-state index contributed by atoms with van der Waals surface area (Å²) in [5.41, 5.74) is 5.21. The predicted octanol–water partition coefficient (Wildman–Crippen LogP) is 5.63. The molecular weight excluding hydrogens is 422 g/mol. The van der Waals surface area contributed by atoms with Gasteiger partial charge in [0.2, 0.25) is 0 Å². The maximum atomic E-state index is 12.7. The fourth-order valence-electron chi connectivity index (χ4n) is 3.92. The van der Waals surface area contributed by atoms with Gasteiger partial charge in [-0.3, -0.25) is 4.79 Å². The molecule has 0 amide bonds. The zero-order valence-corrected chi connectivity index (χ0v) is 19.9. The van der Waals surface area contributed by atoms with Crippen LogP contribution in [0, 0.1) is 27.7 Å². The van der Waals surface area contributed by atoms with Gasteiger partial charge < -0.3 is 14.3 Å². The molecule has 4 aromatic rings. The SMILES string of the molecule is CCCCOC(=O)c1ccc(-n2c(C)cc(-c3nc4sc(C)c(C)c4c(=O)[nH]3)c2C)cc1. The lowest BCUT2D eigenvalue weighted by Gasteiger charge is -2.11. The third-order valence-electron chi connectivity index (χ3n) is 5.82. The minimum atomic E-state index is -0.303. The Morgan fingerprint density at radius 1 is 1.16 bits per heavy atom. The molecule has 32 heavy (non-hydrogen) atoms. The molecule has 0 atom stereocenters. The van der Waals surface area contributed by atoms with E-state index in [1.165, 1.54) is 0 Å². The summed E-state index contributed by atoms with van der Waals surface area (Å²) in [7, 11) is 0. The van der Waals surface area contributed by atoms with Crippen molar-refractivity contribution in [3.05, 3.63) is 68.1 Å². The molecule has 1 aromatic carbocycles. The first-order valence-corrected chi connectivity index (χ1v) is 11.6. The lowest BCUT2D eigenvalue weighted by Crippen LogP contribution is -2.09. The fraction of sp³-hybridized carbons (Fsp3) is 0.320. The Balaban J connectivity index is 1.69. The van der Waals surface area contributed by atoms with E-state index >= 15 is 0 Å². The number of esters is 1. The average molecular weight is 450 g/mol. The zero-order valence-electron chi connectivity index (χ0n) is 19.0. The molecule has 0 saturated carbocycles. The van der Waals surface area contributed by atoms with Crippen molar-refractivity contribution in [1.29, 1.82) is 0 Å². The molecule has 1 N–H and O–H groups in total. The number of H-pyrrole nitrogens is 1. The minimum absolute atomic E-state index is 0.109. The maximum absolute atomic E-state index is 12.7. The lowest BCUT2D eigenvalue weighted by molar-refractivity contribution is 0.0500. The number of nitrogens with zero attached hydrogens (tertiary/aromatic N) is 2. The number of rotatable bonds is 6. The highest BCUT2D eigenvalue weighted by Gasteiger charge is 2.18. The number of carbonyl (C=O) groups excluding carboxylic acids is 1. The van der Waals surface area contributed by atoms with E-state index in [2.05, 4.69) is 16.5 Å². The molecule has 0 aliphatic rings. The summed E-state index contributed by atoms with van der Waals surface area (Å²) in [6, 6.07) is 9.41. The molecule has 0 radical (unpaired) electrons. The number of hydrogen-bond acceptors (Lipinski definition) is 5. The van der Waals surface area contributed by atoms with E-state index in [4.69, 9.17) is 9.72 Å². The molecule has 0 saturated heterocycles. The number of unbranched alkanes of at least 4 members (excludes halogenated alkanes) is 1. The summed E-state index contributed by atoms with van der Waals surface area (Å²) in [6.07, 6.45) is 1.85. The van der Waals surface area contributed by atoms with E-state index in [-0.39, 0.29) is 11.5 Å². The number of nitrogens with one attached hydrogen (secondary N) is 1. The van der Waals surface area contributed by atoms with Crippen LogP contribution in [0.5, 0.6) is 0 Å². The molecular formula is C25H27N3O3S. The van der Waals surface area contributed by atoms with Gasteiger partial charge in [0.05, 0.1) is 17.6 Å². The van der Waals surface area contributed by atoms with Gasteiger partial charge in [0.25, 0.3) is 5.56 Å². The van der Waals surface area contributed by atoms with E-state index in [0.717, 1.165) is 50.8 Å². The van der Waals surface area contributed by atoms with Crippen LogP contribution in [0.1, 0.15) is 52.0 Å². The molecule has 0 fully saturated rings. The van der Waals surface area contributed by atoms with Gasteiger partial charge in [0.1, 0.15) is 10.7 Å². The quantitative estimate of drug-likeness (QED) is 0.306. The van der Waals surface area contributed by atoms with Crippen molar-refractivity contribution in [3.63, 3.8) is 0 Å². The van der Waals surface area contributed by atoms with Crippen LogP contribution in [0.4, 0.5) is 0 Å². The topological polar surface area (TPSA) is 77.0 Å². The van der Waals surface area contributed by atoms with E-state index in [9.17, 15) is 9.59 Å². The van der Waals surface area contributed by atoms with Crippen LogP contribution in [0.15, 0.2) is 35.1 Å². The first-order chi connectivity index (χ1) is 15.3. The number of aryl methyl sites for hydroxylation is 3. The summed E-state index contributed by atoms with van der Waals surface area (Å²) in [4.78, 5) is 34.5. The molecule has 4 rings (SSSR count). The van der Waals surface area contributed by atoms with E-state index in [1.54, 1.807) is 23.5 Å². The Morgan fingerprint density at radius 2 is 1.88 bits per heavy atom. The standard InChI is InChI=1S/C25H27N3O3S/c1-6-7-12-31-25(30)18-8-10-19(11-9-18)28-14(2)13-20(16(28)4)22-26-23(29)21-15(3)17(5)32-24(21)27-22/h8-11,13H,6-7,12H2,1-5H3,(H,26,27,29). The number of benzene rings is 1. The fourth-order valence-corrected chi connectivity index (χ4v) is 4.95. The van der Waals surface area contributed by atoms with Gasteiger partial charge in [-0.1, -0.05) is 13.3 Å². The number of hydrogen-bond donors (Lipinski definition) is 1. The normalized spacial score (nSPS) is 11.3. The Kier molecular flexibility index (Phi) is 6.02. The third-order valence-corrected chi connectivity index (χ3v) is 6.92. The summed E-state index contributed by atoms with van der Waals surface area (Å²) in [5, 5.41) is 0.673. The smallest absolute Gasteiger partial charge is 0.338 e. The second-order valence-electron chi connectivity index (χ2n) is 8.03. The Hall–Kier alpha value is -3.19. The lowest BCUT2D eigenvalue weighted by atomic mass is 10.2. The van der Waals surface area contributed by atoms with Gasteiger partial charge in [-0.25, -0.2) is 9.78 Å². The van der Waals surface area contributed by atoms with Crippen LogP contribution >= 0.6 is 11.3 Å². The summed E-state index contributed by atoms with van der Waals surface area (Å²) < 4.78 is 7.39. The number of fused-ring (bicyclic) bond motifs is 1. The Bertz CT molecular complexity index is 1360.